The lowest BCUT2D eigenvalue weighted by molar-refractivity contribution is -0.136. The van der Waals surface area contributed by atoms with Crippen molar-refractivity contribution in [1.29, 1.82) is 0 Å². The zero-order valence-electron chi connectivity index (χ0n) is 20.8. The molecule has 0 radical (unpaired) electrons. The number of rotatable bonds is 10. The molecule has 2 N–H and O–H groups in total. The van der Waals surface area contributed by atoms with Crippen molar-refractivity contribution in [3.8, 4) is 0 Å². The van der Waals surface area contributed by atoms with Crippen molar-refractivity contribution in [3.63, 3.8) is 0 Å². The first-order chi connectivity index (χ1) is 17.8. The molecule has 37 heavy (non-hydrogen) atoms. The number of nitrogens with one attached hydrogen (secondary N) is 1. The number of benzene rings is 3. The Bertz CT molecular complexity index is 1400. The van der Waals surface area contributed by atoms with Crippen LogP contribution >= 0.6 is 34.5 Å². The largest absolute Gasteiger partial charge is 0.481 e. The van der Waals surface area contributed by atoms with E-state index in [1.165, 1.54) is 26.8 Å². The number of carboxylic acids is 1. The Balaban J connectivity index is 1.76. The third-order valence-corrected chi connectivity index (χ3v) is 8.27. The van der Waals surface area contributed by atoms with E-state index in [2.05, 4.69) is 42.7 Å². The third kappa shape index (κ3) is 6.35. The van der Waals surface area contributed by atoms with Crippen LogP contribution in [-0.4, -0.2) is 23.5 Å². The van der Waals surface area contributed by atoms with Gasteiger partial charge in [0.05, 0.1) is 6.42 Å². The van der Waals surface area contributed by atoms with Crippen LogP contribution in [0, 0.1) is 6.92 Å². The molecule has 2 atom stereocenters. The molecular formula is C30H29Cl2NO3S. The highest BCUT2D eigenvalue weighted by Gasteiger charge is 2.29. The smallest absolute Gasteiger partial charge is 0.305 e. The minimum absolute atomic E-state index is 0.0686. The Labute approximate surface area is 231 Å². The van der Waals surface area contributed by atoms with Gasteiger partial charge >= 0.3 is 5.97 Å². The van der Waals surface area contributed by atoms with Crippen LogP contribution in [0.1, 0.15) is 70.6 Å². The maximum absolute atomic E-state index is 12.5. The van der Waals surface area contributed by atoms with E-state index in [0.717, 1.165) is 23.4 Å². The number of hydrogen-bond donors (Lipinski definition) is 2. The number of aliphatic carboxylic acids is 1. The van der Waals surface area contributed by atoms with E-state index in [4.69, 9.17) is 28.3 Å². The second-order valence-corrected chi connectivity index (χ2v) is 11.0. The molecule has 1 heterocycles. The Morgan fingerprint density at radius 2 is 1.65 bits per heavy atom. The molecule has 0 fully saturated rings. The molecule has 192 valence electrons. The maximum Gasteiger partial charge on any atom is 0.305 e. The highest BCUT2D eigenvalue weighted by atomic mass is 35.5. The molecule has 0 saturated heterocycles. The van der Waals surface area contributed by atoms with Crippen molar-refractivity contribution in [1.82, 2.24) is 5.32 Å². The number of carbonyl (C=O) groups excluding carboxylic acids is 1. The summed E-state index contributed by atoms with van der Waals surface area (Å²) in [6, 6.07) is 19.8. The van der Waals surface area contributed by atoms with Crippen LogP contribution in [0.3, 0.4) is 0 Å². The number of hydrogen-bond acceptors (Lipinski definition) is 3. The van der Waals surface area contributed by atoms with E-state index in [1.54, 1.807) is 11.3 Å². The number of carboxylic acid groups (broad SMARTS) is 1. The molecule has 1 aromatic heterocycles. The van der Waals surface area contributed by atoms with E-state index in [-0.39, 0.29) is 30.7 Å². The summed E-state index contributed by atoms with van der Waals surface area (Å²) in [6.07, 6.45) is 1.84. The number of amides is 1. The van der Waals surface area contributed by atoms with Crippen LogP contribution in [0.25, 0.3) is 10.1 Å². The zero-order valence-corrected chi connectivity index (χ0v) is 23.1. The molecule has 1 unspecified atom stereocenters. The first-order valence-corrected chi connectivity index (χ1v) is 13.9. The zero-order chi connectivity index (χ0) is 26.5. The first kappa shape index (κ1) is 27.2. The Morgan fingerprint density at radius 1 is 0.973 bits per heavy atom. The van der Waals surface area contributed by atoms with Crippen molar-refractivity contribution in [2.75, 3.05) is 6.54 Å². The number of halogens is 2. The Morgan fingerprint density at radius 3 is 2.30 bits per heavy atom. The van der Waals surface area contributed by atoms with Crippen LogP contribution in [0.5, 0.6) is 0 Å². The van der Waals surface area contributed by atoms with Gasteiger partial charge in [0.25, 0.3) is 5.91 Å². The molecule has 4 nitrogen and oxygen atoms in total. The summed E-state index contributed by atoms with van der Waals surface area (Å²) in [5.41, 5.74) is 5.23. The topological polar surface area (TPSA) is 66.4 Å². The molecular weight excluding hydrogens is 525 g/mol. The van der Waals surface area contributed by atoms with E-state index >= 15 is 0 Å². The number of carbonyl (C=O) groups is 2. The van der Waals surface area contributed by atoms with Crippen molar-refractivity contribution < 1.29 is 14.7 Å². The van der Waals surface area contributed by atoms with Crippen molar-refractivity contribution in [2.45, 2.75) is 44.9 Å². The molecule has 4 rings (SSSR count). The van der Waals surface area contributed by atoms with Gasteiger partial charge in [-0.3, -0.25) is 9.59 Å². The molecule has 7 heteroatoms. The molecule has 0 aliphatic carbocycles. The van der Waals surface area contributed by atoms with Crippen LogP contribution < -0.4 is 5.32 Å². The highest BCUT2D eigenvalue weighted by Crippen LogP contribution is 2.46. The molecule has 3 aromatic carbocycles. The summed E-state index contributed by atoms with van der Waals surface area (Å²) < 4.78 is 1.24. The van der Waals surface area contributed by atoms with Gasteiger partial charge in [0, 0.05) is 32.8 Å². The number of thiophene rings is 1. The fourth-order valence-electron chi connectivity index (χ4n) is 4.93. The normalized spacial score (nSPS) is 12.9. The van der Waals surface area contributed by atoms with Gasteiger partial charge in [-0.05, 0) is 88.7 Å². The van der Waals surface area contributed by atoms with Gasteiger partial charge in [-0.2, -0.15) is 0 Å². The van der Waals surface area contributed by atoms with E-state index in [1.807, 2.05) is 42.5 Å². The van der Waals surface area contributed by atoms with Crippen molar-refractivity contribution >= 4 is 56.5 Å². The molecule has 0 spiro atoms. The summed E-state index contributed by atoms with van der Waals surface area (Å²) >= 11 is 14.5. The lowest BCUT2D eigenvalue weighted by Gasteiger charge is -2.29. The van der Waals surface area contributed by atoms with Crippen LogP contribution in [0.4, 0.5) is 0 Å². The monoisotopic (exact) mass is 553 g/mol. The highest BCUT2D eigenvalue weighted by molar-refractivity contribution is 7.17. The quantitative estimate of drug-likeness (QED) is 0.207. The summed E-state index contributed by atoms with van der Waals surface area (Å²) in [5.74, 6) is -0.988. The number of aryl methyl sites for hydroxylation is 1. The summed E-state index contributed by atoms with van der Waals surface area (Å²) in [5, 5.41) is 16.3. The predicted molar refractivity (Wildman–Crippen MR) is 154 cm³/mol. The van der Waals surface area contributed by atoms with Gasteiger partial charge in [0.2, 0.25) is 0 Å². The average Bonchev–Trinajstić information content (AvgIpc) is 3.28. The summed E-state index contributed by atoms with van der Waals surface area (Å²) in [4.78, 5) is 23.2. The molecule has 4 aromatic rings. The van der Waals surface area contributed by atoms with Gasteiger partial charge in [-0.1, -0.05) is 60.8 Å². The lowest BCUT2D eigenvalue weighted by Crippen LogP contribution is -2.26. The van der Waals surface area contributed by atoms with Crippen LogP contribution in [0.15, 0.2) is 66.0 Å². The van der Waals surface area contributed by atoms with Gasteiger partial charge in [-0.15, -0.1) is 11.3 Å². The van der Waals surface area contributed by atoms with Crippen molar-refractivity contribution in [2.24, 2.45) is 0 Å². The maximum atomic E-state index is 12.5. The minimum Gasteiger partial charge on any atom is -0.481 e. The van der Waals surface area contributed by atoms with E-state index < -0.39 is 5.97 Å². The average molecular weight is 555 g/mol. The van der Waals surface area contributed by atoms with E-state index in [9.17, 15) is 9.59 Å². The summed E-state index contributed by atoms with van der Waals surface area (Å²) in [7, 11) is 0. The predicted octanol–water partition coefficient (Wildman–Crippen LogP) is 8.44. The van der Waals surface area contributed by atoms with Crippen LogP contribution in [0.2, 0.25) is 10.0 Å². The second kappa shape index (κ2) is 12.1. The second-order valence-electron chi connectivity index (χ2n) is 9.24. The minimum atomic E-state index is -0.941. The molecule has 0 aliphatic rings. The van der Waals surface area contributed by atoms with Crippen LogP contribution in [-0.2, 0) is 4.79 Å². The Kier molecular flexibility index (Phi) is 8.91. The standard InChI is InChI=1S/C30H29Cl2NO3S/c1-3-4-24(19-5-7-21(8-6-19)30(36)33-14-13-27(34)35)28(20-9-11-22(31)12-10-20)26-17-37-29-18(2)15-23(32)16-25(26)29/h5-12,15-17,24,28H,3-4,13-14H2,1-2H3,(H,33,36)(H,34,35)/t24-,28?/m1/s1. The molecule has 0 bridgehead atoms. The first-order valence-electron chi connectivity index (χ1n) is 12.3. The van der Waals surface area contributed by atoms with E-state index in [0.29, 0.717) is 10.6 Å². The SMILES string of the molecule is CCC[C@H](c1ccc(C(=O)NCCC(=O)O)cc1)C(c1ccc(Cl)cc1)c1csc2c(C)cc(Cl)cc12. The van der Waals surface area contributed by atoms with Gasteiger partial charge in [-0.25, -0.2) is 0 Å². The third-order valence-electron chi connectivity index (χ3n) is 6.65. The van der Waals surface area contributed by atoms with Gasteiger partial charge in [0.1, 0.15) is 0 Å². The fourth-order valence-corrected chi connectivity index (χ4v) is 6.40. The lowest BCUT2D eigenvalue weighted by atomic mass is 9.75. The van der Waals surface area contributed by atoms with Gasteiger partial charge < -0.3 is 10.4 Å². The fraction of sp³-hybridized carbons (Fsp3) is 0.267. The molecule has 0 saturated carbocycles. The van der Waals surface area contributed by atoms with Crippen molar-refractivity contribution in [3.05, 3.63) is 104 Å². The van der Waals surface area contributed by atoms with Gasteiger partial charge in [0.15, 0.2) is 0 Å². The Hall–Kier alpha value is -2.86. The number of fused-ring (bicyclic) bond motifs is 1. The molecule has 1 amide bonds. The molecule has 0 aliphatic heterocycles. The summed E-state index contributed by atoms with van der Waals surface area (Å²) in [6.45, 7) is 4.37.